The van der Waals surface area contributed by atoms with Gasteiger partial charge in [-0.15, -0.1) is 24.0 Å². The number of halogens is 1. The zero-order valence-electron chi connectivity index (χ0n) is 14.8. The molecule has 5 nitrogen and oxygen atoms in total. The van der Waals surface area contributed by atoms with Gasteiger partial charge in [0.2, 0.25) is 0 Å². The van der Waals surface area contributed by atoms with Gasteiger partial charge < -0.3 is 20.1 Å². The molecular weight excluding hydrogens is 393 g/mol. The van der Waals surface area contributed by atoms with Crippen LogP contribution < -0.4 is 10.6 Å². The summed E-state index contributed by atoms with van der Waals surface area (Å²) in [6.45, 7) is 11.9. The SMILES string of the molecule is CCOC(CCNC(=NC)NCC1(C)CCCO1)C(C)C.I. The molecular formula is C16H34IN3O2. The highest BCUT2D eigenvalue weighted by molar-refractivity contribution is 14.0. The zero-order valence-corrected chi connectivity index (χ0v) is 17.1. The van der Waals surface area contributed by atoms with Crippen LogP contribution in [0.2, 0.25) is 0 Å². The number of rotatable bonds is 8. The van der Waals surface area contributed by atoms with Crippen molar-refractivity contribution in [1.29, 1.82) is 0 Å². The fraction of sp³-hybridized carbons (Fsp3) is 0.938. The van der Waals surface area contributed by atoms with Crippen molar-refractivity contribution in [3.63, 3.8) is 0 Å². The number of ether oxygens (including phenoxy) is 2. The molecule has 0 aromatic carbocycles. The Morgan fingerprint density at radius 3 is 2.59 bits per heavy atom. The van der Waals surface area contributed by atoms with Gasteiger partial charge in [0.15, 0.2) is 5.96 Å². The molecule has 1 aliphatic rings. The molecule has 2 unspecified atom stereocenters. The predicted octanol–water partition coefficient (Wildman–Crippen LogP) is 2.79. The van der Waals surface area contributed by atoms with Crippen LogP contribution in [0.3, 0.4) is 0 Å². The van der Waals surface area contributed by atoms with Crippen LogP contribution in [0.1, 0.15) is 47.0 Å². The summed E-state index contributed by atoms with van der Waals surface area (Å²) in [5.41, 5.74) is -0.0522. The van der Waals surface area contributed by atoms with E-state index in [1.54, 1.807) is 7.05 Å². The summed E-state index contributed by atoms with van der Waals surface area (Å²) in [5.74, 6) is 1.37. The monoisotopic (exact) mass is 427 g/mol. The number of hydrogen-bond acceptors (Lipinski definition) is 3. The van der Waals surface area contributed by atoms with Crippen molar-refractivity contribution in [3.05, 3.63) is 0 Å². The molecule has 132 valence electrons. The average molecular weight is 427 g/mol. The van der Waals surface area contributed by atoms with Crippen LogP contribution in [-0.4, -0.2) is 51.0 Å². The summed E-state index contributed by atoms with van der Waals surface area (Å²) in [5, 5.41) is 6.72. The van der Waals surface area contributed by atoms with Crippen LogP contribution in [0.4, 0.5) is 0 Å². The Morgan fingerprint density at radius 1 is 1.36 bits per heavy atom. The molecule has 0 aromatic rings. The van der Waals surface area contributed by atoms with Crippen LogP contribution in [-0.2, 0) is 9.47 Å². The number of guanidine groups is 1. The van der Waals surface area contributed by atoms with Crippen molar-refractivity contribution in [3.8, 4) is 0 Å². The van der Waals surface area contributed by atoms with Gasteiger partial charge >= 0.3 is 0 Å². The lowest BCUT2D eigenvalue weighted by Crippen LogP contribution is -2.46. The van der Waals surface area contributed by atoms with Crippen LogP contribution in [0.25, 0.3) is 0 Å². The Bertz CT molecular complexity index is 319. The van der Waals surface area contributed by atoms with E-state index in [2.05, 4.69) is 36.4 Å². The van der Waals surface area contributed by atoms with Crippen molar-refractivity contribution < 1.29 is 9.47 Å². The maximum atomic E-state index is 5.78. The molecule has 0 bridgehead atoms. The topological polar surface area (TPSA) is 54.9 Å². The second-order valence-corrected chi connectivity index (χ2v) is 6.28. The fourth-order valence-corrected chi connectivity index (χ4v) is 2.62. The van der Waals surface area contributed by atoms with E-state index in [4.69, 9.17) is 9.47 Å². The standard InChI is InChI=1S/C16H33N3O2.HI/c1-6-20-14(13(2)3)8-10-18-15(17-5)19-12-16(4)9-7-11-21-16;/h13-14H,6-12H2,1-5H3,(H2,17,18,19);1H. The van der Waals surface area contributed by atoms with Gasteiger partial charge in [-0.1, -0.05) is 13.8 Å². The molecule has 0 radical (unpaired) electrons. The zero-order chi connectivity index (χ0) is 15.7. The lowest BCUT2D eigenvalue weighted by atomic mass is 10.0. The molecule has 22 heavy (non-hydrogen) atoms. The molecule has 2 atom stereocenters. The molecule has 0 saturated carbocycles. The van der Waals surface area contributed by atoms with Crippen LogP contribution in [0.5, 0.6) is 0 Å². The Balaban J connectivity index is 0.00000441. The molecule has 6 heteroatoms. The Labute approximate surface area is 153 Å². The third-order valence-corrected chi connectivity index (χ3v) is 4.00. The van der Waals surface area contributed by atoms with Gasteiger partial charge in [-0.2, -0.15) is 0 Å². The second-order valence-electron chi connectivity index (χ2n) is 6.28. The molecule has 1 aliphatic heterocycles. The van der Waals surface area contributed by atoms with E-state index in [1.165, 1.54) is 0 Å². The molecule has 1 heterocycles. The maximum Gasteiger partial charge on any atom is 0.191 e. The quantitative estimate of drug-likeness (QED) is 0.356. The summed E-state index contributed by atoms with van der Waals surface area (Å²) < 4.78 is 11.5. The van der Waals surface area contributed by atoms with Gasteiger partial charge in [0.25, 0.3) is 0 Å². The summed E-state index contributed by atoms with van der Waals surface area (Å²) >= 11 is 0. The second kappa shape index (κ2) is 11.5. The third-order valence-electron chi connectivity index (χ3n) is 4.00. The van der Waals surface area contributed by atoms with E-state index in [-0.39, 0.29) is 29.6 Å². The Morgan fingerprint density at radius 2 is 2.09 bits per heavy atom. The van der Waals surface area contributed by atoms with E-state index in [0.29, 0.717) is 12.0 Å². The summed E-state index contributed by atoms with van der Waals surface area (Å²) in [6, 6.07) is 0. The van der Waals surface area contributed by atoms with Crippen molar-refractivity contribution in [2.45, 2.75) is 58.7 Å². The molecule has 2 N–H and O–H groups in total. The van der Waals surface area contributed by atoms with Crippen LogP contribution in [0, 0.1) is 5.92 Å². The number of hydrogen-bond donors (Lipinski definition) is 2. The summed E-state index contributed by atoms with van der Waals surface area (Å²) in [6.07, 6.45) is 3.54. The number of nitrogens with one attached hydrogen (secondary N) is 2. The van der Waals surface area contributed by atoms with E-state index >= 15 is 0 Å². The molecule has 1 fully saturated rings. The maximum absolute atomic E-state index is 5.78. The first-order chi connectivity index (χ1) is 10.0. The lowest BCUT2D eigenvalue weighted by molar-refractivity contribution is 0.0234. The molecule has 0 spiro atoms. The van der Waals surface area contributed by atoms with Crippen molar-refractivity contribution in [2.24, 2.45) is 10.9 Å². The molecule has 0 amide bonds. The van der Waals surface area contributed by atoms with Gasteiger partial charge in [-0.3, -0.25) is 4.99 Å². The van der Waals surface area contributed by atoms with Gasteiger partial charge in [0.05, 0.1) is 11.7 Å². The molecule has 0 aliphatic carbocycles. The predicted molar refractivity (Wildman–Crippen MR) is 103 cm³/mol. The minimum atomic E-state index is -0.0522. The van der Waals surface area contributed by atoms with Gasteiger partial charge in [0.1, 0.15) is 0 Å². The first kappa shape index (κ1) is 21.9. The van der Waals surface area contributed by atoms with Crippen LogP contribution in [0.15, 0.2) is 4.99 Å². The first-order valence-electron chi connectivity index (χ1n) is 8.21. The Kier molecular flexibility index (Phi) is 11.4. The summed E-state index contributed by atoms with van der Waals surface area (Å²) in [4.78, 5) is 4.27. The van der Waals surface area contributed by atoms with E-state index in [1.807, 2.05) is 6.92 Å². The smallest absolute Gasteiger partial charge is 0.191 e. The van der Waals surface area contributed by atoms with E-state index in [0.717, 1.165) is 51.5 Å². The minimum absolute atomic E-state index is 0. The van der Waals surface area contributed by atoms with Gasteiger partial charge in [-0.25, -0.2) is 0 Å². The number of aliphatic imine (C=N–C) groups is 1. The normalized spacial score (nSPS) is 23.3. The third kappa shape index (κ3) is 7.97. The summed E-state index contributed by atoms with van der Waals surface area (Å²) in [7, 11) is 1.80. The largest absolute Gasteiger partial charge is 0.378 e. The Hall–Kier alpha value is -0.0800. The minimum Gasteiger partial charge on any atom is -0.378 e. The lowest BCUT2D eigenvalue weighted by Gasteiger charge is -2.25. The van der Waals surface area contributed by atoms with Crippen molar-refractivity contribution >= 4 is 29.9 Å². The van der Waals surface area contributed by atoms with Gasteiger partial charge in [-0.05, 0) is 39.0 Å². The van der Waals surface area contributed by atoms with Crippen molar-refractivity contribution in [2.75, 3.05) is 33.4 Å². The highest BCUT2D eigenvalue weighted by Crippen LogP contribution is 2.23. The van der Waals surface area contributed by atoms with E-state index < -0.39 is 0 Å². The molecule has 0 aromatic heterocycles. The van der Waals surface area contributed by atoms with Gasteiger partial charge in [0, 0.05) is 33.4 Å². The number of nitrogens with zero attached hydrogens (tertiary/aromatic N) is 1. The van der Waals surface area contributed by atoms with E-state index in [9.17, 15) is 0 Å². The van der Waals surface area contributed by atoms with Crippen LogP contribution >= 0.6 is 24.0 Å². The molecule has 1 saturated heterocycles. The van der Waals surface area contributed by atoms with Crippen molar-refractivity contribution in [1.82, 2.24) is 10.6 Å². The average Bonchev–Trinajstić information content (AvgIpc) is 2.88. The highest BCUT2D eigenvalue weighted by atomic mass is 127. The first-order valence-corrected chi connectivity index (χ1v) is 8.21. The fourth-order valence-electron chi connectivity index (χ4n) is 2.62. The molecule has 1 rings (SSSR count). The highest BCUT2D eigenvalue weighted by Gasteiger charge is 2.29.